The third kappa shape index (κ3) is 1.08. The monoisotopic (exact) mass is 184 g/mol. The summed E-state index contributed by atoms with van der Waals surface area (Å²) >= 11 is 0. The van der Waals surface area contributed by atoms with Crippen molar-refractivity contribution in [1.82, 2.24) is 0 Å². The topological polar surface area (TPSA) is 29.5 Å². The first-order valence-corrected chi connectivity index (χ1v) is 5.43. The summed E-state index contributed by atoms with van der Waals surface area (Å²) in [5, 5.41) is 9.28. The molecule has 0 aromatic heterocycles. The molecule has 1 aliphatic carbocycles. The van der Waals surface area contributed by atoms with E-state index in [0.29, 0.717) is 30.5 Å². The molecule has 5 atom stereocenters. The Morgan fingerprint density at radius 2 is 2.15 bits per heavy atom. The molecule has 0 aromatic rings. The van der Waals surface area contributed by atoms with E-state index in [1.807, 2.05) is 0 Å². The van der Waals surface area contributed by atoms with Crippen LogP contribution in [0.25, 0.3) is 0 Å². The van der Waals surface area contributed by atoms with Crippen LogP contribution in [0.4, 0.5) is 0 Å². The first kappa shape index (κ1) is 9.47. The zero-order valence-electron chi connectivity index (χ0n) is 8.79. The molecular weight excluding hydrogens is 164 g/mol. The van der Waals surface area contributed by atoms with Crippen molar-refractivity contribution in [2.45, 2.75) is 45.3 Å². The van der Waals surface area contributed by atoms with Gasteiger partial charge in [0.05, 0.1) is 11.7 Å². The lowest BCUT2D eigenvalue weighted by Crippen LogP contribution is -2.35. The molecule has 1 aliphatic heterocycles. The van der Waals surface area contributed by atoms with Gasteiger partial charge in [0.2, 0.25) is 0 Å². The van der Waals surface area contributed by atoms with Crippen molar-refractivity contribution in [3.05, 3.63) is 0 Å². The van der Waals surface area contributed by atoms with Crippen molar-refractivity contribution >= 4 is 0 Å². The van der Waals surface area contributed by atoms with Crippen molar-refractivity contribution in [2.24, 2.45) is 17.8 Å². The normalized spacial score (nSPS) is 54.5. The molecule has 1 saturated heterocycles. The van der Waals surface area contributed by atoms with Gasteiger partial charge in [-0.25, -0.2) is 0 Å². The van der Waals surface area contributed by atoms with Gasteiger partial charge in [0, 0.05) is 6.61 Å². The van der Waals surface area contributed by atoms with Crippen LogP contribution in [0.2, 0.25) is 0 Å². The van der Waals surface area contributed by atoms with Gasteiger partial charge in [-0.15, -0.1) is 0 Å². The van der Waals surface area contributed by atoms with E-state index in [9.17, 15) is 5.11 Å². The maximum absolute atomic E-state index is 9.28. The Bertz CT molecular complexity index is 204. The highest BCUT2D eigenvalue weighted by atomic mass is 16.5. The lowest BCUT2D eigenvalue weighted by atomic mass is 9.86. The van der Waals surface area contributed by atoms with Crippen LogP contribution in [0.3, 0.4) is 0 Å². The van der Waals surface area contributed by atoms with Crippen LogP contribution >= 0.6 is 0 Å². The third-order valence-corrected chi connectivity index (χ3v) is 4.35. The molecule has 2 heteroatoms. The van der Waals surface area contributed by atoms with Crippen LogP contribution in [0.1, 0.15) is 33.6 Å². The highest BCUT2D eigenvalue weighted by Crippen LogP contribution is 2.56. The van der Waals surface area contributed by atoms with Gasteiger partial charge < -0.3 is 9.84 Å². The van der Waals surface area contributed by atoms with Crippen LogP contribution in [0.5, 0.6) is 0 Å². The molecule has 2 nitrogen and oxygen atoms in total. The van der Waals surface area contributed by atoms with Crippen molar-refractivity contribution in [1.29, 1.82) is 0 Å². The molecule has 13 heavy (non-hydrogen) atoms. The number of rotatable bonds is 2. The van der Waals surface area contributed by atoms with Crippen LogP contribution in [0, 0.1) is 17.8 Å². The summed E-state index contributed by atoms with van der Waals surface area (Å²) in [5.74, 6) is 1.70. The van der Waals surface area contributed by atoms with E-state index in [1.54, 1.807) is 0 Å². The minimum atomic E-state index is 0.0947. The molecule has 2 aliphatic rings. The fourth-order valence-electron chi connectivity index (χ4n) is 3.65. The zero-order chi connectivity index (χ0) is 9.64. The predicted molar refractivity (Wildman–Crippen MR) is 51.4 cm³/mol. The van der Waals surface area contributed by atoms with Crippen molar-refractivity contribution in [3.8, 4) is 0 Å². The maximum atomic E-state index is 9.28. The van der Waals surface area contributed by atoms with Crippen LogP contribution < -0.4 is 0 Å². The van der Waals surface area contributed by atoms with Gasteiger partial charge in [-0.05, 0) is 37.5 Å². The summed E-state index contributed by atoms with van der Waals surface area (Å²) in [4.78, 5) is 0. The summed E-state index contributed by atoms with van der Waals surface area (Å²) in [6.45, 7) is 6.98. The van der Waals surface area contributed by atoms with Gasteiger partial charge in [-0.3, -0.25) is 0 Å². The molecule has 76 valence electrons. The van der Waals surface area contributed by atoms with Crippen molar-refractivity contribution < 1.29 is 9.84 Å². The summed E-state index contributed by atoms with van der Waals surface area (Å²) in [6, 6.07) is 0. The Hall–Kier alpha value is -0.0800. The summed E-state index contributed by atoms with van der Waals surface area (Å²) < 4.78 is 6.03. The molecule has 2 fully saturated rings. The van der Waals surface area contributed by atoms with Crippen molar-refractivity contribution in [3.63, 3.8) is 0 Å². The van der Waals surface area contributed by atoms with Gasteiger partial charge >= 0.3 is 0 Å². The summed E-state index contributed by atoms with van der Waals surface area (Å²) in [5.41, 5.74) is 0.0947. The molecule has 1 heterocycles. The minimum Gasteiger partial charge on any atom is -0.396 e. The number of hydrogen-bond acceptors (Lipinski definition) is 2. The standard InChI is InChI=1S/C11H20O2/c1-4-11-5-9(6-12)10(7(11)2)8(3)13-11/h7-10,12H,4-6H2,1-3H3/t7-,8+,9?,10-,11-/m1/s1. The van der Waals surface area contributed by atoms with Crippen LogP contribution in [-0.4, -0.2) is 23.4 Å². The first-order valence-electron chi connectivity index (χ1n) is 5.43. The molecule has 2 bridgehead atoms. The number of fused-ring (bicyclic) bond motifs is 2. The molecule has 1 saturated carbocycles. The van der Waals surface area contributed by atoms with E-state index in [2.05, 4.69) is 20.8 Å². The van der Waals surface area contributed by atoms with E-state index >= 15 is 0 Å². The van der Waals surface area contributed by atoms with Crippen molar-refractivity contribution in [2.75, 3.05) is 6.61 Å². The van der Waals surface area contributed by atoms with Gasteiger partial charge in [0.1, 0.15) is 0 Å². The van der Waals surface area contributed by atoms with E-state index in [4.69, 9.17) is 4.74 Å². The SMILES string of the molecule is CC[C@]12CC(CO)[C@@H]([C@H](C)O1)[C@H]2C. The molecule has 2 rings (SSSR count). The molecule has 0 radical (unpaired) electrons. The van der Waals surface area contributed by atoms with Gasteiger partial charge in [0.15, 0.2) is 0 Å². The lowest BCUT2D eigenvalue weighted by molar-refractivity contribution is -0.0918. The van der Waals surface area contributed by atoms with E-state index in [1.165, 1.54) is 0 Å². The fraction of sp³-hybridized carbons (Fsp3) is 1.00. The fourth-order valence-corrected chi connectivity index (χ4v) is 3.65. The zero-order valence-corrected chi connectivity index (χ0v) is 8.79. The quantitative estimate of drug-likeness (QED) is 0.709. The largest absolute Gasteiger partial charge is 0.396 e. The molecule has 1 unspecified atom stereocenters. The number of ether oxygens (including phenoxy) is 1. The van der Waals surface area contributed by atoms with Crippen LogP contribution in [0.15, 0.2) is 0 Å². The second kappa shape index (κ2) is 2.96. The summed E-state index contributed by atoms with van der Waals surface area (Å²) in [7, 11) is 0. The molecule has 0 aromatic carbocycles. The highest BCUT2D eigenvalue weighted by Gasteiger charge is 2.59. The molecule has 0 spiro atoms. The Balaban J connectivity index is 2.24. The van der Waals surface area contributed by atoms with Gasteiger partial charge in [0.25, 0.3) is 0 Å². The van der Waals surface area contributed by atoms with E-state index < -0.39 is 0 Å². The third-order valence-electron chi connectivity index (χ3n) is 4.35. The second-order valence-electron chi connectivity index (χ2n) is 4.75. The Morgan fingerprint density at radius 1 is 1.46 bits per heavy atom. The second-order valence-corrected chi connectivity index (χ2v) is 4.75. The predicted octanol–water partition coefficient (Wildman–Crippen LogP) is 1.82. The lowest BCUT2D eigenvalue weighted by Gasteiger charge is -2.33. The molecule has 1 N–H and O–H groups in total. The van der Waals surface area contributed by atoms with Gasteiger partial charge in [-0.1, -0.05) is 13.8 Å². The minimum absolute atomic E-state index is 0.0947. The summed E-state index contributed by atoms with van der Waals surface area (Å²) in [6.07, 6.45) is 2.50. The average Bonchev–Trinajstić information content (AvgIpc) is 2.53. The number of hydrogen-bond donors (Lipinski definition) is 1. The number of aliphatic hydroxyl groups is 1. The smallest absolute Gasteiger partial charge is 0.0716 e. The number of aliphatic hydroxyl groups excluding tert-OH is 1. The Morgan fingerprint density at radius 3 is 2.54 bits per heavy atom. The molecular formula is C11H20O2. The maximum Gasteiger partial charge on any atom is 0.0716 e. The van der Waals surface area contributed by atoms with Crippen LogP contribution in [-0.2, 0) is 4.74 Å². The average molecular weight is 184 g/mol. The highest BCUT2D eigenvalue weighted by molar-refractivity contribution is 5.07. The molecule has 0 amide bonds. The van der Waals surface area contributed by atoms with E-state index in [0.717, 1.165) is 12.8 Å². The van der Waals surface area contributed by atoms with E-state index in [-0.39, 0.29) is 5.60 Å². The first-order chi connectivity index (χ1) is 6.14. The Kier molecular flexibility index (Phi) is 2.16. The van der Waals surface area contributed by atoms with Gasteiger partial charge in [-0.2, -0.15) is 0 Å². The Labute approximate surface area is 80.3 Å².